The fourth-order valence-corrected chi connectivity index (χ4v) is 3.70. The third kappa shape index (κ3) is 6.75. The number of rotatable bonds is 10. The number of carbonyl (C=O) groups is 3. The predicted molar refractivity (Wildman–Crippen MR) is 128 cm³/mol. The minimum Gasteiger partial charge on any atom is -0.478 e. The number of aromatic carboxylic acids is 1. The van der Waals surface area contributed by atoms with E-state index in [9.17, 15) is 19.5 Å². The summed E-state index contributed by atoms with van der Waals surface area (Å²) in [5.74, 6) is -2.38. The van der Waals surface area contributed by atoms with Gasteiger partial charge in [0.1, 0.15) is 5.69 Å². The fraction of sp³-hybridized carbons (Fsp3) is 0.259. The van der Waals surface area contributed by atoms with Crippen LogP contribution < -0.4 is 5.32 Å². The van der Waals surface area contributed by atoms with Gasteiger partial charge in [0.05, 0.1) is 18.1 Å². The molecule has 2 N–H and O–H groups in total. The number of pyridine rings is 1. The fourth-order valence-electron chi connectivity index (χ4n) is 3.70. The lowest BCUT2D eigenvalue weighted by molar-refractivity contribution is -0.147. The molecule has 1 aromatic heterocycles. The van der Waals surface area contributed by atoms with Crippen molar-refractivity contribution in [2.24, 2.45) is 5.92 Å². The molecule has 34 heavy (non-hydrogen) atoms. The Balaban J connectivity index is 1.77. The van der Waals surface area contributed by atoms with Crippen molar-refractivity contribution < 1.29 is 24.2 Å². The first-order chi connectivity index (χ1) is 16.4. The maximum Gasteiger partial charge on any atom is 0.335 e. The van der Waals surface area contributed by atoms with E-state index in [4.69, 9.17) is 4.74 Å². The van der Waals surface area contributed by atoms with E-state index >= 15 is 0 Å². The van der Waals surface area contributed by atoms with Crippen molar-refractivity contribution >= 4 is 17.8 Å². The van der Waals surface area contributed by atoms with Crippen LogP contribution >= 0.6 is 0 Å². The monoisotopic (exact) mass is 460 g/mol. The molecule has 0 bridgehead atoms. The number of benzene rings is 2. The molecule has 1 heterocycles. The summed E-state index contributed by atoms with van der Waals surface area (Å²) in [4.78, 5) is 40.3. The van der Waals surface area contributed by atoms with Gasteiger partial charge in [-0.25, -0.2) is 4.79 Å². The highest BCUT2D eigenvalue weighted by atomic mass is 16.5. The first-order valence-electron chi connectivity index (χ1n) is 11.2. The first kappa shape index (κ1) is 24.6. The van der Waals surface area contributed by atoms with E-state index in [1.165, 1.54) is 18.3 Å². The van der Waals surface area contributed by atoms with Crippen LogP contribution in [0.25, 0.3) is 11.1 Å². The largest absolute Gasteiger partial charge is 0.478 e. The normalized spacial score (nSPS) is 12.4. The van der Waals surface area contributed by atoms with Gasteiger partial charge < -0.3 is 15.2 Å². The Bertz CT molecular complexity index is 1130. The van der Waals surface area contributed by atoms with Crippen LogP contribution in [0.1, 0.15) is 46.7 Å². The molecule has 0 fully saturated rings. The number of nitrogens with one attached hydrogen (secondary N) is 1. The lowest BCUT2D eigenvalue weighted by atomic mass is 9.94. The lowest BCUT2D eigenvalue weighted by Gasteiger charge is -2.22. The molecule has 0 saturated carbocycles. The van der Waals surface area contributed by atoms with Crippen LogP contribution in [0.3, 0.4) is 0 Å². The Morgan fingerprint density at radius 3 is 2.32 bits per heavy atom. The van der Waals surface area contributed by atoms with E-state index in [0.29, 0.717) is 12.8 Å². The summed E-state index contributed by atoms with van der Waals surface area (Å²) in [7, 11) is 0. The molecule has 3 rings (SSSR count). The lowest BCUT2D eigenvalue weighted by Crippen LogP contribution is -2.39. The smallest absolute Gasteiger partial charge is 0.335 e. The summed E-state index contributed by atoms with van der Waals surface area (Å²) >= 11 is 0. The topological polar surface area (TPSA) is 106 Å². The molecule has 176 valence electrons. The molecular weight excluding hydrogens is 432 g/mol. The number of hydrogen-bond acceptors (Lipinski definition) is 5. The van der Waals surface area contributed by atoms with Crippen LogP contribution in [0.4, 0.5) is 0 Å². The van der Waals surface area contributed by atoms with Gasteiger partial charge in [-0.15, -0.1) is 0 Å². The molecular formula is C27H28N2O5. The van der Waals surface area contributed by atoms with E-state index < -0.39 is 17.8 Å². The summed E-state index contributed by atoms with van der Waals surface area (Å²) in [6.07, 6.45) is 2.14. The first-order valence-corrected chi connectivity index (χ1v) is 11.2. The van der Waals surface area contributed by atoms with Crippen molar-refractivity contribution in [3.63, 3.8) is 0 Å². The number of nitrogens with zero attached hydrogens (tertiary/aromatic N) is 1. The molecule has 2 aromatic carbocycles. The summed E-state index contributed by atoms with van der Waals surface area (Å²) in [5.41, 5.74) is 3.17. The van der Waals surface area contributed by atoms with Gasteiger partial charge in [-0.3, -0.25) is 14.6 Å². The van der Waals surface area contributed by atoms with E-state index in [2.05, 4.69) is 10.3 Å². The van der Waals surface area contributed by atoms with Crippen molar-refractivity contribution in [1.82, 2.24) is 10.3 Å². The number of amides is 1. The summed E-state index contributed by atoms with van der Waals surface area (Å²) in [5, 5.41) is 12.1. The van der Waals surface area contributed by atoms with Crippen LogP contribution in [0, 0.1) is 5.92 Å². The minimum absolute atomic E-state index is 0.00751. The zero-order valence-corrected chi connectivity index (χ0v) is 19.2. The molecule has 0 radical (unpaired) electrons. The highest BCUT2D eigenvalue weighted by Crippen LogP contribution is 2.21. The summed E-state index contributed by atoms with van der Waals surface area (Å²) in [6, 6.07) is 20.2. The van der Waals surface area contributed by atoms with Gasteiger partial charge in [-0.1, -0.05) is 61.5 Å². The molecule has 0 aliphatic carbocycles. The molecule has 3 aromatic rings. The third-order valence-corrected chi connectivity index (χ3v) is 5.44. The van der Waals surface area contributed by atoms with Gasteiger partial charge >= 0.3 is 11.9 Å². The average Bonchev–Trinajstić information content (AvgIpc) is 2.85. The second-order valence-electron chi connectivity index (χ2n) is 8.06. The number of hydrogen-bond donors (Lipinski definition) is 2. The van der Waals surface area contributed by atoms with Crippen molar-refractivity contribution in [2.75, 3.05) is 6.61 Å². The van der Waals surface area contributed by atoms with Gasteiger partial charge in [0, 0.05) is 12.2 Å². The van der Waals surface area contributed by atoms with E-state index in [1.807, 2.05) is 54.6 Å². The number of carboxylic acid groups (broad SMARTS) is 1. The number of aromatic nitrogens is 1. The molecule has 1 unspecified atom stereocenters. The molecule has 0 saturated heterocycles. The van der Waals surface area contributed by atoms with Gasteiger partial charge in [-0.05, 0) is 48.6 Å². The number of esters is 1. The van der Waals surface area contributed by atoms with Crippen molar-refractivity contribution in [2.45, 2.75) is 32.7 Å². The summed E-state index contributed by atoms with van der Waals surface area (Å²) in [6.45, 7) is 3.80. The molecule has 0 spiro atoms. The van der Waals surface area contributed by atoms with E-state index in [-0.39, 0.29) is 29.9 Å². The zero-order chi connectivity index (χ0) is 24.5. The minimum atomic E-state index is -1.14. The quantitative estimate of drug-likeness (QED) is 0.435. The Morgan fingerprint density at radius 1 is 1.00 bits per heavy atom. The molecule has 1 amide bonds. The number of carboxylic acids is 1. The Hall–Kier alpha value is -4.00. The van der Waals surface area contributed by atoms with Crippen LogP contribution in [-0.4, -0.2) is 40.6 Å². The second kappa shape index (κ2) is 11.7. The number of carbonyl (C=O) groups excluding carboxylic acids is 2. The Morgan fingerprint density at radius 2 is 1.68 bits per heavy atom. The van der Waals surface area contributed by atoms with Crippen LogP contribution in [0.15, 0.2) is 72.9 Å². The summed E-state index contributed by atoms with van der Waals surface area (Å²) < 4.78 is 5.12. The van der Waals surface area contributed by atoms with Crippen LogP contribution in [-0.2, 0) is 16.0 Å². The zero-order valence-electron chi connectivity index (χ0n) is 19.2. The third-order valence-electron chi connectivity index (χ3n) is 5.44. The molecule has 0 aliphatic heterocycles. The van der Waals surface area contributed by atoms with E-state index in [0.717, 1.165) is 16.7 Å². The highest BCUT2D eigenvalue weighted by molar-refractivity contribution is 5.96. The van der Waals surface area contributed by atoms with Crippen molar-refractivity contribution in [1.29, 1.82) is 0 Å². The average molecular weight is 461 g/mol. The second-order valence-corrected chi connectivity index (χ2v) is 8.06. The number of ether oxygens (including phenoxy) is 1. The maximum absolute atomic E-state index is 12.9. The van der Waals surface area contributed by atoms with Crippen molar-refractivity contribution in [3.05, 3.63) is 89.7 Å². The predicted octanol–water partition coefficient (Wildman–Crippen LogP) is 4.38. The Labute approximate surface area is 198 Å². The van der Waals surface area contributed by atoms with Gasteiger partial charge in [0.25, 0.3) is 5.91 Å². The highest BCUT2D eigenvalue weighted by Gasteiger charge is 2.23. The molecule has 7 heteroatoms. The van der Waals surface area contributed by atoms with Gasteiger partial charge in [0.2, 0.25) is 0 Å². The molecule has 2 atom stereocenters. The van der Waals surface area contributed by atoms with Crippen LogP contribution in [0.2, 0.25) is 0 Å². The van der Waals surface area contributed by atoms with Crippen molar-refractivity contribution in [3.8, 4) is 11.1 Å². The molecule has 7 nitrogen and oxygen atoms in total. The standard InChI is InChI=1S/C27H28N2O5/c1-3-34-27(33)18(2)15-23(29-25(30)24-17-22(26(31)32)13-14-28-24)16-19-9-11-21(12-10-19)20-7-5-4-6-8-20/h4-14,17-18,23H,3,15-16H2,1-2H3,(H,29,30)(H,31,32)/t18-,23?/m1/s1. The Kier molecular flexibility index (Phi) is 8.51. The molecule has 0 aliphatic rings. The maximum atomic E-state index is 12.9. The van der Waals surface area contributed by atoms with E-state index in [1.54, 1.807) is 13.8 Å². The van der Waals surface area contributed by atoms with Gasteiger partial charge in [0.15, 0.2) is 0 Å². The van der Waals surface area contributed by atoms with Gasteiger partial charge in [-0.2, -0.15) is 0 Å². The SMILES string of the molecule is CCOC(=O)[C@H](C)CC(Cc1ccc(-c2ccccc2)cc1)NC(=O)c1cc(C(=O)O)ccn1. The van der Waals surface area contributed by atoms with Crippen LogP contribution in [0.5, 0.6) is 0 Å².